The van der Waals surface area contributed by atoms with E-state index >= 15 is 0 Å². The molecule has 2 atom stereocenters. The minimum Gasteiger partial charge on any atom is -0.480 e. The molecule has 2 heterocycles. The lowest BCUT2D eigenvalue weighted by molar-refractivity contribution is -0.144. The first-order valence-electron chi connectivity index (χ1n) is 7.33. The van der Waals surface area contributed by atoms with Gasteiger partial charge < -0.3 is 5.11 Å². The van der Waals surface area contributed by atoms with Gasteiger partial charge in [-0.3, -0.25) is 9.69 Å². The smallest absolute Gasteiger partial charge is 0.325 e. The fourth-order valence-electron chi connectivity index (χ4n) is 3.07. The summed E-state index contributed by atoms with van der Waals surface area (Å²) in [5.41, 5.74) is 0.0147. The van der Waals surface area contributed by atoms with Gasteiger partial charge in [-0.15, -0.1) is 0 Å². The maximum absolute atomic E-state index is 14.2. The van der Waals surface area contributed by atoms with Gasteiger partial charge >= 0.3 is 5.97 Å². The van der Waals surface area contributed by atoms with Crippen molar-refractivity contribution in [3.05, 3.63) is 47.3 Å². The molecule has 6 nitrogen and oxygen atoms in total. The van der Waals surface area contributed by atoms with Gasteiger partial charge in [0.2, 0.25) is 0 Å². The highest BCUT2D eigenvalue weighted by atomic mass is 35.5. The number of rotatable bonds is 4. The van der Waals surface area contributed by atoms with Crippen LogP contribution in [-0.4, -0.2) is 43.8 Å². The zero-order chi connectivity index (χ0) is 16.4. The van der Waals surface area contributed by atoms with Crippen LogP contribution in [0.25, 0.3) is 0 Å². The molecule has 0 amide bonds. The summed E-state index contributed by atoms with van der Waals surface area (Å²) >= 11 is 6.07. The fraction of sp³-hybridized carbons (Fsp3) is 0.400. The van der Waals surface area contributed by atoms with Crippen LogP contribution in [0.3, 0.4) is 0 Å². The Morgan fingerprint density at radius 1 is 1.48 bits per heavy atom. The Morgan fingerprint density at radius 2 is 2.30 bits per heavy atom. The third-order valence-corrected chi connectivity index (χ3v) is 4.44. The Bertz CT molecular complexity index is 675. The highest BCUT2D eigenvalue weighted by molar-refractivity contribution is 6.31. The number of hydrogen-bond acceptors (Lipinski definition) is 4. The highest BCUT2D eigenvalue weighted by Gasteiger charge is 2.35. The zero-order valence-corrected chi connectivity index (χ0v) is 13.0. The molecule has 122 valence electrons. The Kier molecular flexibility index (Phi) is 4.58. The summed E-state index contributed by atoms with van der Waals surface area (Å²) < 4.78 is 15.9. The monoisotopic (exact) mass is 338 g/mol. The fourth-order valence-corrected chi connectivity index (χ4v) is 3.34. The summed E-state index contributed by atoms with van der Waals surface area (Å²) in [4.78, 5) is 17.5. The van der Waals surface area contributed by atoms with Gasteiger partial charge in [-0.25, -0.2) is 14.1 Å². The van der Waals surface area contributed by atoms with Crippen LogP contribution in [0, 0.1) is 5.82 Å². The number of carboxylic acids is 1. The molecule has 0 spiro atoms. The summed E-state index contributed by atoms with van der Waals surface area (Å²) in [6, 6.07) is 3.10. The minimum absolute atomic E-state index is 0.0126. The number of aromatic nitrogens is 3. The quantitative estimate of drug-likeness (QED) is 0.927. The van der Waals surface area contributed by atoms with E-state index in [0.717, 1.165) is 12.8 Å². The van der Waals surface area contributed by atoms with E-state index in [-0.39, 0.29) is 16.6 Å². The number of halogens is 2. The van der Waals surface area contributed by atoms with Crippen LogP contribution in [0.4, 0.5) is 4.39 Å². The third-order valence-electron chi connectivity index (χ3n) is 4.11. The first kappa shape index (κ1) is 15.9. The van der Waals surface area contributed by atoms with Crippen molar-refractivity contribution in [1.82, 2.24) is 19.7 Å². The molecule has 3 rings (SSSR count). The van der Waals surface area contributed by atoms with Crippen LogP contribution in [0.1, 0.15) is 30.5 Å². The second kappa shape index (κ2) is 6.64. The first-order valence-corrected chi connectivity index (χ1v) is 7.70. The van der Waals surface area contributed by atoms with Gasteiger partial charge in [0, 0.05) is 17.1 Å². The molecule has 23 heavy (non-hydrogen) atoms. The number of aliphatic carboxylic acids is 1. The van der Waals surface area contributed by atoms with Crippen molar-refractivity contribution in [1.29, 1.82) is 0 Å². The maximum atomic E-state index is 14.2. The van der Waals surface area contributed by atoms with Crippen molar-refractivity contribution in [3.8, 4) is 0 Å². The molecule has 0 radical (unpaired) electrons. The maximum Gasteiger partial charge on any atom is 0.325 e. The van der Waals surface area contributed by atoms with Crippen LogP contribution in [0.5, 0.6) is 0 Å². The topological polar surface area (TPSA) is 71.2 Å². The number of nitrogens with zero attached hydrogens (tertiary/aromatic N) is 4. The lowest BCUT2D eigenvalue weighted by Gasteiger charge is -2.36. The summed E-state index contributed by atoms with van der Waals surface area (Å²) in [6.07, 6.45) is 4.72. The second-order valence-electron chi connectivity index (χ2n) is 5.54. The molecular weight excluding hydrogens is 323 g/mol. The largest absolute Gasteiger partial charge is 0.480 e. The van der Waals surface area contributed by atoms with Gasteiger partial charge in [-0.05, 0) is 31.5 Å². The van der Waals surface area contributed by atoms with E-state index in [1.54, 1.807) is 15.9 Å². The molecule has 2 unspecified atom stereocenters. The molecule has 1 aromatic heterocycles. The van der Waals surface area contributed by atoms with E-state index in [1.165, 1.54) is 24.5 Å². The molecule has 1 N–H and O–H groups in total. The van der Waals surface area contributed by atoms with Crippen molar-refractivity contribution in [3.63, 3.8) is 0 Å². The molecule has 1 saturated heterocycles. The number of carboxylic acid groups (broad SMARTS) is 1. The van der Waals surface area contributed by atoms with Crippen LogP contribution < -0.4 is 0 Å². The number of likely N-dealkylation sites (tertiary alicyclic amines) is 1. The van der Waals surface area contributed by atoms with E-state index < -0.39 is 17.8 Å². The lowest BCUT2D eigenvalue weighted by Crippen LogP contribution is -2.42. The molecule has 1 aliphatic rings. The van der Waals surface area contributed by atoms with Gasteiger partial charge in [0.1, 0.15) is 24.5 Å². The third kappa shape index (κ3) is 3.20. The van der Waals surface area contributed by atoms with Crippen LogP contribution >= 0.6 is 11.6 Å². The summed E-state index contributed by atoms with van der Waals surface area (Å²) in [6.45, 7) is 1.01. The average molecular weight is 339 g/mol. The van der Waals surface area contributed by atoms with E-state index in [4.69, 9.17) is 11.6 Å². The predicted molar refractivity (Wildman–Crippen MR) is 81.7 cm³/mol. The number of piperidine rings is 1. The normalized spacial score (nSPS) is 20.3. The molecule has 0 bridgehead atoms. The van der Waals surface area contributed by atoms with Gasteiger partial charge in [-0.1, -0.05) is 17.7 Å². The molecule has 8 heteroatoms. The van der Waals surface area contributed by atoms with E-state index in [9.17, 15) is 14.3 Å². The van der Waals surface area contributed by atoms with Gasteiger partial charge in [0.25, 0.3) is 0 Å². The summed E-state index contributed by atoms with van der Waals surface area (Å²) in [5.74, 6) is -1.72. The summed E-state index contributed by atoms with van der Waals surface area (Å²) in [7, 11) is 0. The van der Waals surface area contributed by atoms with Crippen LogP contribution in [0.15, 0.2) is 30.9 Å². The van der Waals surface area contributed by atoms with Crippen molar-refractivity contribution in [2.45, 2.75) is 24.9 Å². The molecule has 1 aromatic carbocycles. The number of benzene rings is 1. The van der Waals surface area contributed by atoms with Gasteiger partial charge in [0.05, 0.1) is 6.04 Å². The minimum atomic E-state index is -1.12. The lowest BCUT2D eigenvalue weighted by atomic mass is 9.99. The standard InChI is InChI=1S/C15H16ClFN4O2/c16-11-4-1-5-12(17)13(11)14(15(22)23)20-6-2-3-10(7-20)21-9-18-8-19-21/h1,4-5,8-10,14H,2-3,6-7H2,(H,22,23). The number of hydrogen-bond donors (Lipinski definition) is 1. The Hall–Kier alpha value is -1.99. The number of carbonyl (C=O) groups is 1. The van der Waals surface area contributed by atoms with E-state index in [0.29, 0.717) is 13.1 Å². The molecule has 0 aliphatic carbocycles. The van der Waals surface area contributed by atoms with Crippen molar-refractivity contribution >= 4 is 17.6 Å². The predicted octanol–water partition coefficient (Wildman–Crippen LogP) is 2.53. The average Bonchev–Trinajstić information content (AvgIpc) is 3.05. The first-order chi connectivity index (χ1) is 11.1. The molecule has 1 aliphatic heterocycles. The van der Waals surface area contributed by atoms with Crippen LogP contribution in [0.2, 0.25) is 5.02 Å². The van der Waals surface area contributed by atoms with E-state index in [1.807, 2.05) is 0 Å². The highest BCUT2D eigenvalue weighted by Crippen LogP contribution is 2.34. The van der Waals surface area contributed by atoms with Crippen molar-refractivity contribution < 1.29 is 14.3 Å². The van der Waals surface area contributed by atoms with Gasteiger partial charge in [0.15, 0.2) is 0 Å². The SMILES string of the molecule is O=C(O)C(c1c(F)cccc1Cl)N1CCCC(n2cncn2)C1. The zero-order valence-electron chi connectivity index (χ0n) is 12.3. The Labute approximate surface area is 137 Å². The van der Waals surface area contributed by atoms with Crippen molar-refractivity contribution in [2.75, 3.05) is 13.1 Å². The second-order valence-corrected chi connectivity index (χ2v) is 5.95. The van der Waals surface area contributed by atoms with Gasteiger partial charge in [-0.2, -0.15) is 5.10 Å². The molecule has 1 fully saturated rings. The Balaban J connectivity index is 1.91. The molecule has 2 aromatic rings. The van der Waals surface area contributed by atoms with Crippen LogP contribution in [-0.2, 0) is 4.79 Å². The van der Waals surface area contributed by atoms with Crippen molar-refractivity contribution in [2.24, 2.45) is 0 Å². The summed E-state index contributed by atoms with van der Waals surface area (Å²) in [5, 5.41) is 13.9. The molecule has 0 saturated carbocycles. The molecular formula is C15H16ClFN4O2. The Morgan fingerprint density at radius 3 is 2.96 bits per heavy atom. The van der Waals surface area contributed by atoms with E-state index in [2.05, 4.69) is 10.1 Å².